The first kappa shape index (κ1) is 10.9. The second-order valence-electron chi connectivity index (χ2n) is 4.02. The molecule has 1 aliphatic heterocycles. The van der Waals surface area contributed by atoms with Crippen LogP contribution >= 0.6 is 11.6 Å². The third-order valence-corrected chi connectivity index (χ3v) is 3.13. The highest BCUT2D eigenvalue weighted by atomic mass is 35.5. The van der Waals surface area contributed by atoms with E-state index in [2.05, 4.69) is 17.0 Å². The summed E-state index contributed by atoms with van der Waals surface area (Å²) in [5.41, 5.74) is 2.76. The zero-order valence-electron chi connectivity index (χ0n) is 8.75. The van der Waals surface area contributed by atoms with Gasteiger partial charge in [0.15, 0.2) is 0 Å². The second-order valence-corrected chi connectivity index (χ2v) is 4.45. The Morgan fingerprint density at radius 3 is 3.00 bits per heavy atom. The predicted molar refractivity (Wildman–Crippen MR) is 62.1 cm³/mol. The van der Waals surface area contributed by atoms with E-state index in [9.17, 15) is 0 Å². The molecule has 2 rings (SSSR count). The van der Waals surface area contributed by atoms with Gasteiger partial charge in [0.2, 0.25) is 0 Å². The second kappa shape index (κ2) is 4.97. The fourth-order valence-electron chi connectivity index (χ4n) is 2.07. The molecule has 0 amide bonds. The van der Waals surface area contributed by atoms with E-state index in [1.54, 1.807) is 0 Å². The van der Waals surface area contributed by atoms with E-state index < -0.39 is 0 Å². The number of fused-ring (bicyclic) bond motifs is 1. The summed E-state index contributed by atoms with van der Waals surface area (Å²) in [6.45, 7) is 3.31. The van der Waals surface area contributed by atoms with Crippen LogP contribution in [0.4, 0.5) is 0 Å². The van der Waals surface area contributed by atoms with Gasteiger partial charge in [0.25, 0.3) is 0 Å². The summed E-state index contributed by atoms with van der Waals surface area (Å²) in [6, 6.07) is 6.15. The number of nitrogens with zero attached hydrogens (tertiary/aromatic N) is 1. The molecule has 0 radical (unpaired) electrons. The Hall–Kier alpha value is -0.570. The van der Waals surface area contributed by atoms with Gasteiger partial charge in [-0.3, -0.25) is 4.90 Å². The number of aliphatic hydroxyl groups excluding tert-OH is 1. The van der Waals surface area contributed by atoms with Crippen LogP contribution in [0.25, 0.3) is 0 Å². The van der Waals surface area contributed by atoms with Crippen molar-refractivity contribution in [3.05, 3.63) is 34.3 Å². The van der Waals surface area contributed by atoms with Crippen molar-refractivity contribution in [2.75, 3.05) is 19.7 Å². The lowest BCUT2D eigenvalue weighted by Crippen LogP contribution is -2.31. The van der Waals surface area contributed by atoms with E-state index in [1.165, 1.54) is 11.1 Å². The molecule has 3 heteroatoms. The lowest BCUT2D eigenvalue weighted by Gasteiger charge is -2.28. The van der Waals surface area contributed by atoms with Gasteiger partial charge >= 0.3 is 0 Å². The third-order valence-electron chi connectivity index (χ3n) is 2.89. The Balaban J connectivity index is 2.05. The van der Waals surface area contributed by atoms with E-state index in [1.807, 2.05) is 6.07 Å². The molecule has 0 atom stereocenters. The lowest BCUT2D eigenvalue weighted by atomic mass is 10.00. The normalized spacial score (nSPS) is 16.4. The van der Waals surface area contributed by atoms with Crippen LogP contribution in [0.2, 0.25) is 5.02 Å². The average Bonchev–Trinajstić information content (AvgIpc) is 2.25. The number of hydrogen-bond acceptors (Lipinski definition) is 2. The van der Waals surface area contributed by atoms with Gasteiger partial charge in [0, 0.05) is 31.3 Å². The van der Waals surface area contributed by atoms with Crippen molar-refractivity contribution in [3.8, 4) is 0 Å². The first-order valence-corrected chi connectivity index (χ1v) is 5.78. The Labute approximate surface area is 95.5 Å². The zero-order chi connectivity index (χ0) is 10.7. The largest absolute Gasteiger partial charge is 0.396 e. The summed E-state index contributed by atoms with van der Waals surface area (Å²) in [4.78, 5) is 2.37. The number of aliphatic hydroxyl groups is 1. The van der Waals surface area contributed by atoms with Gasteiger partial charge in [-0.25, -0.2) is 0 Å². The lowest BCUT2D eigenvalue weighted by molar-refractivity contribution is 0.212. The van der Waals surface area contributed by atoms with Gasteiger partial charge in [-0.1, -0.05) is 17.7 Å². The molecule has 0 saturated heterocycles. The van der Waals surface area contributed by atoms with Crippen molar-refractivity contribution >= 4 is 11.6 Å². The summed E-state index contributed by atoms with van der Waals surface area (Å²) < 4.78 is 0. The Bertz CT molecular complexity index is 340. The Kier molecular flexibility index (Phi) is 3.62. The first-order chi connectivity index (χ1) is 7.29. The third kappa shape index (κ3) is 2.71. The molecule has 1 aromatic rings. The molecule has 1 aliphatic rings. The molecular formula is C12H16ClNO. The standard InChI is InChI=1S/C12H16ClNO/c13-12-3-2-10-4-6-14(5-1-7-15)9-11(10)8-12/h2-3,8,15H,1,4-7,9H2. The monoisotopic (exact) mass is 225 g/mol. The summed E-state index contributed by atoms with van der Waals surface area (Å²) >= 11 is 5.97. The summed E-state index contributed by atoms with van der Waals surface area (Å²) in [5, 5.41) is 9.61. The molecule has 82 valence electrons. The smallest absolute Gasteiger partial charge is 0.0443 e. The fourth-order valence-corrected chi connectivity index (χ4v) is 2.26. The predicted octanol–water partition coefficient (Wildman–Crippen LogP) is 2.08. The molecule has 0 spiro atoms. The SMILES string of the molecule is OCCCN1CCc2ccc(Cl)cc2C1. The highest BCUT2D eigenvalue weighted by molar-refractivity contribution is 6.30. The van der Waals surface area contributed by atoms with E-state index in [0.29, 0.717) is 0 Å². The van der Waals surface area contributed by atoms with Gasteiger partial charge in [-0.05, 0) is 36.1 Å². The maximum atomic E-state index is 8.79. The van der Waals surface area contributed by atoms with Crippen LogP contribution in [0.5, 0.6) is 0 Å². The van der Waals surface area contributed by atoms with Crippen LogP contribution in [0, 0.1) is 0 Å². The fraction of sp³-hybridized carbons (Fsp3) is 0.500. The number of rotatable bonds is 3. The minimum atomic E-state index is 0.277. The van der Waals surface area contributed by atoms with Gasteiger partial charge < -0.3 is 5.11 Å². The van der Waals surface area contributed by atoms with E-state index in [-0.39, 0.29) is 6.61 Å². The molecule has 15 heavy (non-hydrogen) atoms. The Morgan fingerprint density at radius 2 is 2.20 bits per heavy atom. The number of benzene rings is 1. The molecule has 0 saturated carbocycles. The molecule has 0 aromatic heterocycles. The maximum absolute atomic E-state index is 8.79. The van der Waals surface area contributed by atoms with Crippen molar-refractivity contribution in [1.29, 1.82) is 0 Å². The highest BCUT2D eigenvalue weighted by Crippen LogP contribution is 2.22. The molecule has 0 aliphatic carbocycles. The van der Waals surface area contributed by atoms with Crippen LogP contribution in [0.1, 0.15) is 17.5 Å². The Morgan fingerprint density at radius 1 is 1.33 bits per heavy atom. The van der Waals surface area contributed by atoms with E-state index >= 15 is 0 Å². The van der Waals surface area contributed by atoms with Gasteiger partial charge in [-0.15, -0.1) is 0 Å². The molecule has 0 bridgehead atoms. The molecule has 1 heterocycles. The number of halogens is 1. The van der Waals surface area contributed by atoms with E-state index in [0.717, 1.165) is 37.5 Å². The molecule has 0 fully saturated rings. The van der Waals surface area contributed by atoms with Crippen molar-refractivity contribution in [3.63, 3.8) is 0 Å². The minimum Gasteiger partial charge on any atom is -0.396 e. The van der Waals surface area contributed by atoms with E-state index in [4.69, 9.17) is 16.7 Å². The molecule has 1 aromatic carbocycles. The average molecular weight is 226 g/mol. The van der Waals surface area contributed by atoms with Gasteiger partial charge in [-0.2, -0.15) is 0 Å². The first-order valence-electron chi connectivity index (χ1n) is 5.40. The van der Waals surface area contributed by atoms with Gasteiger partial charge in [0.05, 0.1) is 0 Å². The van der Waals surface area contributed by atoms with Crippen LogP contribution in [0.15, 0.2) is 18.2 Å². The zero-order valence-corrected chi connectivity index (χ0v) is 9.50. The van der Waals surface area contributed by atoms with Crippen LogP contribution in [-0.2, 0) is 13.0 Å². The highest BCUT2D eigenvalue weighted by Gasteiger charge is 2.15. The molecular weight excluding hydrogens is 210 g/mol. The molecule has 2 nitrogen and oxygen atoms in total. The maximum Gasteiger partial charge on any atom is 0.0443 e. The van der Waals surface area contributed by atoms with Crippen molar-refractivity contribution < 1.29 is 5.11 Å². The summed E-state index contributed by atoms with van der Waals surface area (Å²) in [7, 11) is 0. The van der Waals surface area contributed by atoms with Crippen LogP contribution in [0.3, 0.4) is 0 Å². The quantitative estimate of drug-likeness (QED) is 0.852. The number of hydrogen-bond donors (Lipinski definition) is 1. The summed E-state index contributed by atoms with van der Waals surface area (Å²) in [5.74, 6) is 0. The molecule has 0 unspecified atom stereocenters. The van der Waals surface area contributed by atoms with Crippen molar-refractivity contribution in [2.45, 2.75) is 19.4 Å². The topological polar surface area (TPSA) is 23.5 Å². The molecule has 1 N–H and O–H groups in total. The summed E-state index contributed by atoms with van der Waals surface area (Å²) in [6.07, 6.45) is 1.95. The van der Waals surface area contributed by atoms with Crippen LogP contribution < -0.4 is 0 Å². The minimum absolute atomic E-state index is 0.277. The van der Waals surface area contributed by atoms with Crippen molar-refractivity contribution in [1.82, 2.24) is 4.90 Å². The van der Waals surface area contributed by atoms with Gasteiger partial charge in [0.1, 0.15) is 0 Å². The van der Waals surface area contributed by atoms with Crippen LogP contribution in [-0.4, -0.2) is 29.7 Å². The van der Waals surface area contributed by atoms with Crippen molar-refractivity contribution in [2.24, 2.45) is 0 Å².